The van der Waals surface area contributed by atoms with E-state index in [4.69, 9.17) is 10.5 Å². The number of rotatable bonds is 5. The predicted octanol–water partition coefficient (Wildman–Crippen LogP) is 0.531. The lowest BCUT2D eigenvalue weighted by Gasteiger charge is -2.20. The third-order valence-corrected chi connectivity index (χ3v) is 1.91. The van der Waals surface area contributed by atoms with E-state index in [-0.39, 0.29) is 0 Å². The summed E-state index contributed by atoms with van der Waals surface area (Å²) in [6.07, 6.45) is 3.24. The van der Waals surface area contributed by atoms with Gasteiger partial charge in [0.2, 0.25) is 0 Å². The van der Waals surface area contributed by atoms with Crippen molar-refractivity contribution < 1.29 is 4.74 Å². The number of likely N-dealkylation sites (N-methyl/N-ethyl adjacent to an activating group) is 1. The van der Waals surface area contributed by atoms with Crippen LogP contribution in [0.1, 0.15) is 6.92 Å². The Balaban J connectivity index is 2.68. The van der Waals surface area contributed by atoms with Gasteiger partial charge in [0.05, 0.1) is 19.0 Å². The fraction of sp³-hybridized carbons (Fsp3) is 0.556. The molecular formula is C9H16N4O. The molecule has 5 heteroatoms. The van der Waals surface area contributed by atoms with Gasteiger partial charge in [0.1, 0.15) is 11.6 Å². The highest BCUT2D eigenvalue weighted by Crippen LogP contribution is 2.09. The molecule has 1 aromatic heterocycles. The van der Waals surface area contributed by atoms with Gasteiger partial charge in [-0.1, -0.05) is 0 Å². The largest absolute Gasteiger partial charge is 0.383 e. The van der Waals surface area contributed by atoms with Crippen molar-refractivity contribution in [2.24, 2.45) is 0 Å². The van der Waals surface area contributed by atoms with Crippen LogP contribution in [0.3, 0.4) is 0 Å². The van der Waals surface area contributed by atoms with Gasteiger partial charge in [0.15, 0.2) is 0 Å². The number of hydrogen-bond acceptors (Lipinski definition) is 5. The molecule has 1 heterocycles. The highest BCUT2D eigenvalue weighted by Gasteiger charge is 2.05. The first-order valence-corrected chi connectivity index (χ1v) is 4.59. The first kappa shape index (κ1) is 10.7. The van der Waals surface area contributed by atoms with Crippen LogP contribution in [0.25, 0.3) is 0 Å². The minimum atomic E-state index is 0.443. The lowest BCUT2D eigenvalue weighted by molar-refractivity contribution is 0.205. The molecule has 0 unspecified atom stereocenters. The second-order valence-corrected chi connectivity index (χ2v) is 2.87. The summed E-state index contributed by atoms with van der Waals surface area (Å²) in [4.78, 5) is 10.2. The van der Waals surface area contributed by atoms with Crippen LogP contribution in [-0.4, -0.2) is 36.8 Å². The molecule has 0 bridgehead atoms. The van der Waals surface area contributed by atoms with Gasteiger partial charge in [-0.05, 0) is 6.92 Å². The molecular weight excluding hydrogens is 180 g/mol. The quantitative estimate of drug-likeness (QED) is 0.744. The lowest BCUT2D eigenvalue weighted by Crippen LogP contribution is -2.27. The first-order valence-electron chi connectivity index (χ1n) is 4.59. The SMILES string of the molecule is CCN(CCOC)c1cncc(N)n1. The van der Waals surface area contributed by atoms with Gasteiger partial charge >= 0.3 is 0 Å². The number of anilines is 2. The highest BCUT2D eigenvalue weighted by molar-refractivity contribution is 5.41. The molecule has 0 aliphatic carbocycles. The Bertz CT molecular complexity index is 279. The van der Waals surface area contributed by atoms with Crippen LogP contribution in [0.4, 0.5) is 11.6 Å². The molecule has 0 aliphatic heterocycles. The Labute approximate surface area is 83.9 Å². The molecule has 0 atom stereocenters. The number of methoxy groups -OCH3 is 1. The average molecular weight is 196 g/mol. The van der Waals surface area contributed by atoms with Crippen LogP contribution in [0, 0.1) is 0 Å². The molecule has 1 aromatic rings. The van der Waals surface area contributed by atoms with Crippen LogP contribution in [0.5, 0.6) is 0 Å². The van der Waals surface area contributed by atoms with E-state index < -0.39 is 0 Å². The molecule has 0 spiro atoms. The number of nitrogen functional groups attached to an aromatic ring is 1. The molecule has 0 aromatic carbocycles. The van der Waals surface area contributed by atoms with Gasteiger partial charge in [-0.2, -0.15) is 0 Å². The summed E-state index contributed by atoms with van der Waals surface area (Å²) >= 11 is 0. The number of hydrogen-bond donors (Lipinski definition) is 1. The normalized spacial score (nSPS) is 10.1. The van der Waals surface area contributed by atoms with Crippen molar-refractivity contribution in [3.8, 4) is 0 Å². The van der Waals surface area contributed by atoms with Crippen LogP contribution < -0.4 is 10.6 Å². The summed E-state index contributed by atoms with van der Waals surface area (Å²) in [5.74, 6) is 1.24. The average Bonchev–Trinajstić information content (AvgIpc) is 2.19. The summed E-state index contributed by atoms with van der Waals surface area (Å²) in [7, 11) is 1.68. The van der Waals surface area contributed by atoms with E-state index in [1.165, 1.54) is 6.20 Å². The van der Waals surface area contributed by atoms with Crippen molar-refractivity contribution in [3.63, 3.8) is 0 Å². The standard InChI is InChI=1S/C9H16N4O/c1-3-13(4-5-14-2)9-7-11-6-8(10)12-9/h6-7H,3-5H2,1-2H3,(H2,10,12). The van der Waals surface area contributed by atoms with Gasteiger partial charge in [0.25, 0.3) is 0 Å². The van der Waals surface area contributed by atoms with E-state index in [1.54, 1.807) is 13.3 Å². The van der Waals surface area contributed by atoms with Crippen molar-refractivity contribution in [1.82, 2.24) is 9.97 Å². The maximum Gasteiger partial charge on any atom is 0.149 e. The van der Waals surface area contributed by atoms with E-state index >= 15 is 0 Å². The third-order valence-electron chi connectivity index (χ3n) is 1.91. The minimum Gasteiger partial charge on any atom is -0.383 e. The van der Waals surface area contributed by atoms with Crippen molar-refractivity contribution in [1.29, 1.82) is 0 Å². The minimum absolute atomic E-state index is 0.443. The molecule has 0 amide bonds. The molecule has 2 N–H and O–H groups in total. The van der Waals surface area contributed by atoms with E-state index in [0.29, 0.717) is 12.4 Å². The number of ether oxygens (including phenoxy) is 1. The van der Waals surface area contributed by atoms with E-state index in [1.807, 2.05) is 0 Å². The van der Waals surface area contributed by atoms with Crippen LogP contribution in [0.2, 0.25) is 0 Å². The summed E-state index contributed by atoms with van der Waals surface area (Å²) in [6.45, 7) is 4.39. The van der Waals surface area contributed by atoms with E-state index in [0.717, 1.165) is 18.9 Å². The Morgan fingerprint density at radius 3 is 2.86 bits per heavy atom. The maximum atomic E-state index is 5.55. The van der Waals surface area contributed by atoms with Crippen LogP contribution in [0.15, 0.2) is 12.4 Å². The van der Waals surface area contributed by atoms with Crippen molar-refractivity contribution in [3.05, 3.63) is 12.4 Å². The zero-order chi connectivity index (χ0) is 10.4. The van der Waals surface area contributed by atoms with Crippen molar-refractivity contribution >= 4 is 11.6 Å². The Morgan fingerprint density at radius 1 is 1.50 bits per heavy atom. The van der Waals surface area contributed by atoms with Crippen molar-refractivity contribution in [2.45, 2.75) is 6.92 Å². The molecule has 5 nitrogen and oxygen atoms in total. The molecule has 1 rings (SSSR count). The zero-order valence-corrected chi connectivity index (χ0v) is 8.60. The van der Waals surface area contributed by atoms with Crippen molar-refractivity contribution in [2.75, 3.05) is 37.4 Å². The second kappa shape index (κ2) is 5.39. The molecule has 14 heavy (non-hydrogen) atoms. The first-order chi connectivity index (χ1) is 6.77. The van der Waals surface area contributed by atoms with E-state index in [9.17, 15) is 0 Å². The summed E-state index contributed by atoms with van der Waals surface area (Å²) in [6, 6.07) is 0. The van der Waals surface area contributed by atoms with E-state index in [2.05, 4.69) is 21.8 Å². The summed E-state index contributed by atoms with van der Waals surface area (Å²) < 4.78 is 5.00. The Morgan fingerprint density at radius 2 is 2.29 bits per heavy atom. The smallest absolute Gasteiger partial charge is 0.149 e. The lowest BCUT2D eigenvalue weighted by atomic mass is 10.4. The van der Waals surface area contributed by atoms with Gasteiger partial charge in [0, 0.05) is 20.2 Å². The van der Waals surface area contributed by atoms with Gasteiger partial charge in [-0.25, -0.2) is 4.98 Å². The fourth-order valence-electron chi connectivity index (χ4n) is 1.16. The van der Waals surface area contributed by atoms with Gasteiger partial charge in [-0.15, -0.1) is 0 Å². The number of nitrogens with two attached hydrogens (primary N) is 1. The topological polar surface area (TPSA) is 64.3 Å². The zero-order valence-electron chi connectivity index (χ0n) is 8.60. The second-order valence-electron chi connectivity index (χ2n) is 2.87. The fourth-order valence-corrected chi connectivity index (χ4v) is 1.16. The van der Waals surface area contributed by atoms with Crippen LogP contribution >= 0.6 is 0 Å². The third kappa shape index (κ3) is 2.85. The predicted molar refractivity (Wildman–Crippen MR) is 56.2 cm³/mol. The molecule has 0 saturated carbocycles. The molecule has 0 saturated heterocycles. The maximum absolute atomic E-state index is 5.55. The summed E-state index contributed by atoms with van der Waals surface area (Å²) in [5.41, 5.74) is 5.55. The monoisotopic (exact) mass is 196 g/mol. The summed E-state index contributed by atoms with van der Waals surface area (Å²) in [5, 5.41) is 0. The molecule has 0 aliphatic rings. The Hall–Kier alpha value is -1.36. The van der Waals surface area contributed by atoms with Crippen LogP contribution in [-0.2, 0) is 4.74 Å². The molecule has 0 radical (unpaired) electrons. The van der Waals surface area contributed by atoms with Gasteiger partial charge < -0.3 is 15.4 Å². The number of aromatic nitrogens is 2. The molecule has 0 fully saturated rings. The van der Waals surface area contributed by atoms with Gasteiger partial charge in [-0.3, -0.25) is 4.98 Å². The Kier molecular flexibility index (Phi) is 4.12. The molecule has 78 valence electrons. The highest BCUT2D eigenvalue weighted by atomic mass is 16.5. The number of nitrogens with zero attached hydrogens (tertiary/aromatic N) is 3.